The molecule has 1 saturated carbocycles. The molecule has 1 unspecified atom stereocenters. The van der Waals surface area contributed by atoms with Crippen LogP contribution < -0.4 is 5.73 Å². The van der Waals surface area contributed by atoms with E-state index in [1.807, 2.05) is 19.1 Å². The molecule has 1 fully saturated rings. The summed E-state index contributed by atoms with van der Waals surface area (Å²) in [5.74, 6) is 1.76. The molecule has 0 spiro atoms. The molecule has 2 N–H and O–H groups in total. The van der Waals surface area contributed by atoms with Crippen LogP contribution in [0.5, 0.6) is 0 Å². The lowest BCUT2D eigenvalue weighted by Gasteiger charge is -2.10. The molecule has 5 nitrogen and oxygen atoms in total. The van der Waals surface area contributed by atoms with Crippen LogP contribution in [0.4, 0.5) is 0 Å². The number of nitrogens with zero attached hydrogens (tertiary/aromatic N) is 2. The van der Waals surface area contributed by atoms with Gasteiger partial charge in [-0.2, -0.15) is 4.98 Å². The monoisotopic (exact) mass is 287 g/mol. The third-order valence-electron chi connectivity index (χ3n) is 3.70. The van der Waals surface area contributed by atoms with E-state index in [4.69, 9.17) is 15.0 Å². The van der Waals surface area contributed by atoms with Gasteiger partial charge in [-0.25, -0.2) is 0 Å². The Balaban J connectivity index is 1.82. The van der Waals surface area contributed by atoms with E-state index in [9.17, 15) is 0 Å². The number of hydrogen-bond donors (Lipinski definition) is 1. The van der Waals surface area contributed by atoms with E-state index in [0.29, 0.717) is 30.8 Å². The Labute approximate surface area is 124 Å². The van der Waals surface area contributed by atoms with Crippen LogP contribution in [0.1, 0.15) is 37.3 Å². The minimum Gasteiger partial charge on any atom is -0.370 e. The van der Waals surface area contributed by atoms with Gasteiger partial charge in [0.15, 0.2) is 0 Å². The molecule has 112 valence electrons. The molecular weight excluding hydrogens is 266 g/mol. The highest BCUT2D eigenvalue weighted by Gasteiger charge is 2.36. The van der Waals surface area contributed by atoms with Gasteiger partial charge in [0.2, 0.25) is 5.82 Å². The first kappa shape index (κ1) is 14.2. The van der Waals surface area contributed by atoms with Crippen LogP contribution in [0, 0.1) is 5.92 Å². The normalized spacial score (nSPS) is 16.1. The van der Waals surface area contributed by atoms with Crippen molar-refractivity contribution in [3.8, 4) is 11.5 Å². The van der Waals surface area contributed by atoms with Crippen molar-refractivity contribution in [1.82, 2.24) is 10.1 Å². The lowest BCUT2D eigenvalue weighted by Crippen LogP contribution is -2.08. The fourth-order valence-electron chi connectivity index (χ4n) is 2.49. The maximum Gasteiger partial charge on any atom is 0.258 e. The van der Waals surface area contributed by atoms with Crippen molar-refractivity contribution in [3.63, 3.8) is 0 Å². The van der Waals surface area contributed by atoms with Gasteiger partial charge >= 0.3 is 0 Å². The summed E-state index contributed by atoms with van der Waals surface area (Å²) in [6.07, 6.45) is 3.18. The first-order chi connectivity index (χ1) is 10.3. The fraction of sp³-hybridized carbons (Fsp3) is 0.500. The Bertz CT molecular complexity index is 593. The van der Waals surface area contributed by atoms with Crippen LogP contribution in [0.3, 0.4) is 0 Å². The van der Waals surface area contributed by atoms with Gasteiger partial charge in [0.05, 0.1) is 0 Å². The molecular formula is C16H21N3O2. The number of ether oxygens (including phenoxy) is 1. The molecule has 1 heterocycles. The maximum absolute atomic E-state index is 5.76. The van der Waals surface area contributed by atoms with Crippen LogP contribution in [0.25, 0.3) is 11.5 Å². The molecule has 0 radical (unpaired) electrons. The van der Waals surface area contributed by atoms with Crippen molar-refractivity contribution >= 4 is 0 Å². The van der Waals surface area contributed by atoms with E-state index in [-0.39, 0.29) is 6.10 Å². The maximum atomic E-state index is 5.76. The Hall–Kier alpha value is -1.72. The summed E-state index contributed by atoms with van der Waals surface area (Å²) in [7, 11) is 0. The zero-order chi connectivity index (χ0) is 14.7. The third-order valence-corrected chi connectivity index (χ3v) is 3.70. The quantitative estimate of drug-likeness (QED) is 0.847. The molecule has 0 amide bonds. The molecule has 1 aliphatic rings. The van der Waals surface area contributed by atoms with Gasteiger partial charge < -0.3 is 15.0 Å². The van der Waals surface area contributed by atoms with E-state index in [1.54, 1.807) is 0 Å². The van der Waals surface area contributed by atoms with E-state index in [1.165, 1.54) is 18.4 Å². The smallest absolute Gasteiger partial charge is 0.258 e. The molecule has 1 aromatic carbocycles. The highest BCUT2D eigenvalue weighted by molar-refractivity contribution is 5.54. The predicted octanol–water partition coefficient (Wildman–Crippen LogP) is 2.73. The minimum atomic E-state index is -0.0280. The summed E-state index contributed by atoms with van der Waals surface area (Å²) in [6.45, 7) is 3.29. The second-order valence-corrected chi connectivity index (χ2v) is 5.41. The van der Waals surface area contributed by atoms with E-state index < -0.39 is 0 Å². The lowest BCUT2D eigenvalue weighted by atomic mass is 10.1. The minimum absolute atomic E-state index is 0.0280. The number of hydrogen-bond acceptors (Lipinski definition) is 5. The van der Waals surface area contributed by atoms with Gasteiger partial charge in [-0.05, 0) is 56.3 Å². The number of aromatic nitrogens is 2. The highest BCUT2D eigenvalue weighted by Crippen LogP contribution is 2.42. The van der Waals surface area contributed by atoms with Gasteiger partial charge in [-0.15, -0.1) is 0 Å². The lowest BCUT2D eigenvalue weighted by molar-refractivity contribution is 0.0385. The molecule has 3 rings (SSSR count). The summed E-state index contributed by atoms with van der Waals surface area (Å²) in [5, 5.41) is 4.11. The third kappa shape index (κ3) is 3.31. The van der Waals surface area contributed by atoms with Crippen molar-refractivity contribution in [2.45, 2.75) is 32.3 Å². The largest absolute Gasteiger partial charge is 0.370 e. The van der Waals surface area contributed by atoms with Gasteiger partial charge in [-0.3, -0.25) is 0 Å². The van der Waals surface area contributed by atoms with Crippen molar-refractivity contribution in [1.29, 1.82) is 0 Å². The number of rotatable bonds is 7. The van der Waals surface area contributed by atoms with Crippen LogP contribution in [0.2, 0.25) is 0 Å². The molecule has 1 aliphatic carbocycles. The molecule has 0 bridgehead atoms. The Morgan fingerprint density at radius 2 is 2.29 bits per heavy atom. The molecule has 2 aromatic rings. The zero-order valence-electron chi connectivity index (χ0n) is 12.3. The van der Waals surface area contributed by atoms with Crippen LogP contribution in [-0.4, -0.2) is 23.3 Å². The first-order valence-electron chi connectivity index (χ1n) is 7.56. The molecule has 1 aromatic heterocycles. The second kappa shape index (κ2) is 6.37. The highest BCUT2D eigenvalue weighted by atomic mass is 16.5. The standard InChI is InChI=1S/C16H21N3O2/c1-2-20-14(12-6-7-12)15-18-16(21-19-15)13-5-3-4-11(10-13)8-9-17/h3-5,10,12,14H,2,6-9,17H2,1H3. The summed E-state index contributed by atoms with van der Waals surface area (Å²) >= 11 is 0. The number of benzene rings is 1. The summed E-state index contributed by atoms with van der Waals surface area (Å²) in [5.41, 5.74) is 7.71. The van der Waals surface area contributed by atoms with E-state index in [0.717, 1.165) is 12.0 Å². The van der Waals surface area contributed by atoms with Gasteiger partial charge in [0, 0.05) is 12.2 Å². The Morgan fingerprint density at radius 1 is 1.43 bits per heavy atom. The van der Waals surface area contributed by atoms with Crippen molar-refractivity contribution < 1.29 is 9.26 Å². The van der Waals surface area contributed by atoms with Crippen molar-refractivity contribution in [2.24, 2.45) is 11.7 Å². The first-order valence-corrected chi connectivity index (χ1v) is 7.56. The SMILES string of the molecule is CCOC(c1noc(-c2cccc(CCN)c2)n1)C1CC1. The van der Waals surface area contributed by atoms with Crippen LogP contribution in [-0.2, 0) is 11.2 Å². The molecule has 0 saturated heterocycles. The molecule has 21 heavy (non-hydrogen) atoms. The van der Waals surface area contributed by atoms with Crippen molar-refractivity contribution in [3.05, 3.63) is 35.7 Å². The Morgan fingerprint density at radius 3 is 3.00 bits per heavy atom. The average Bonchev–Trinajstić information content (AvgIpc) is 3.22. The summed E-state index contributed by atoms with van der Waals surface area (Å²) in [4.78, 5) is 4.53. The number of nitrogens with two attached hydrogens (primary N) is 1. The molecule has 5 heteroatoms. The van der Waals surface area contributed by atoms with Gasteiger partial charge in [0.1, 0.15) is 6.10 Å². The van der Waals surface area contributed by atoms with Gasteiger partial charge in [0.25, 0.3) is 5.89 Å². The van der Waals surface area contributed by atoms with Gasteiger partial charge in [-0.1, -0.05) is 17.3 Å². The molecule has 0 aliphatic heterocycles. The van der Waals surface area contributed by atoms with Crippen LogP contribution >= 0.6 is 0 Å². The van der Waals surface area contributed by atoms with E-state index >= 15 is 0 Å². The van der Waals surface area contributed by atoms with Crippen molar-refractivity contribution in [2.75, 3.05) is 13.2 Å². The zero-order valence-corrected chi connectivity index (χ0v) is 12.3. The average molecular weight is 287 g/mol. The topological polar surface area (TPSA) is 74.2 Å². The van der Waals surface area contributed by atoms with Crippen LogP contribution in [0.15, 0.2) is 28.8 Å². The summed E-state index contributed by atoms with van der Waals surface area (Å²) < 4.78 is 11.2. The predicted molar refractivity (Wildman–Crippen MR) is 79.6 cm³/mol. The second-order valence-electron chi connectivity index (χ2n) is 5.41. The summed E-state index contributed by atoms with van der Waals surface area (Å²) in [6, 6.07) is 8.08. The van der Waals surface area contributed by atoms with E-state index in [2.05, 4.69) is 22.3 Å². The molecule has 1 atom stereocenters. The Kier molecular flexibility index (Phi) is 4.31. The fourth-order valence-corrected chi connectivity index (χ4v) is 2.49.